The molecule has 2 heterocycles. The Morgan fingerprint density at radius 1 is 1.23 bits per heavy atom. The van der Waals surface area contributed by atoms with Crippen LogP contribution < -0.4 is 5.32 Å². The molecular formula is C16H15N3O2S. The summed E-state index contributed by atoms with van der Waals surface area (Å²) in [7, 11) is 0. The standard InChI is InChI=1S/C16H15N3O2S/c1-9-10(2)22-15-13(9)14(18-8-19-15)17-7-11-3-5-12(6-4-11)16(20)21/h3-6,8H,7H2,1-2H3,(H,20,21)(H,17,18,19). The summed E-state index contributed by atoms with van der Waals surface area (Å²) in [6.07, 6.45) is 1.56. The van der Waals surface area contributed by atoms with Gasteiger partial charge >= 0.3 is 5.97 Å². The maximum absolute atomic E-state index is 10.8. The van der Waals surface area contributed by atoms with Crippen LogP contribution in [0, 0.1) is 13.8 Å². The lowest BCUT2D eigenvalue weighted by Gasteiger charge is -2.07. The lowest BCUT2D eigenvalue weighted by Crippen LogP contribution is -2.03. The van der Waals surface area contributed by atoms with E-state index in [0.29, 0.717) is 6.54 Å². The van der Waals surface area contributed by atoms with E-state index in [9.17, 15) is 4.79 Å². The Morgan fingerprint density at radius 2 is 1.95 bits per heavy atom. The van der Waals surface area contributed by atoms with Crippen molar-refractivity contribution in [2.24, 2.45) is 0 Å². The number of aromatic nitrogens is 2. The molecule has 0 unspecified atom stereocenters. The number of thiophene rings is 1. The molecule has 5 nitrogen and oxygen atoms in total. The van der Waals surface area contributed by atoms with Crippen molar-refractivity contribution in [2.75, 3.05) is 5.32 Å². The minimum Gasteiger partial charge on any atom is -0.478 e. The Morgan fingerprint density at radius 3 is 2.64 bits per heavy atom. The number of hydrogen-bond acceptors (Lipinski definition) is 5. The minimum atomic E-state index is -0.915. The van der Waals surface area contributed by atoms with Crippen LogP contribution >= 0.6 is 11.3 Å². The highest BCUT2D eigenvalue weighted by molar-refractivity contribution is 7.18. The average molecular weight is 313 g/mol. The lowest BCUT2D eigenvalue weighted by atomic mass is 10.1. The highest BCUT2D eigenvalue weighted by atomic mass is 32.1. The zero-order valence-electron chi connectivity index (χ0n) is 12.3. The Bertz CT molecular complexity index is 840. The van der Waals surface area contributed by atoms with Gasteiger partial charge in [0, 0.05) is 11.4 Å². The molecule has 6 heteroatoms. The van der Waals surface area contributed by atoms with Crippen LogP contribution in [-0.2, 0) is 6.54 Å². The Hall–Kier alpha value is -2.47. The molecule has 0 amide bonds. The van der Waals surface area contributed by atoms with E-state index in [4.69, 9.17) is 5.11 Å². The van der Waals surface area contributed by atoms with Gasteiger partial charge in [0.05, 0.1) is 10.9 Å². The Kier molecular flexibility index (Phi) is 3.77. The molecule has 3 rings (SSSR count). The zero-order chi connectivity index (χ0) is 15.7. The monoisotopic (exact) mass is 313 g/mol. The van der Waals surface area contributed by atoms with Crippen molar-refractivity contribution in [1.82, 2.24) is 9.97 Å². The van der Waals surface area contributed by atoms with E-state index in [0.717, 1.165) is 21.6 Å². The van der Waals surface area contributed by atoms with Crippen LogP contribution in [0.1, 0.15) is 26.4 Å². The van der Waals surface area contributed by atoms with Gasteiger partial charge in [-0.15, -0.1) is 11.3 Å². The Labute approximate surface area is 131 Å². The van der Waals surface area contributed by atoms with Crippen molar-refractivity contribution in [3.8, 4) is 0 Å². The van der Waals surface area contributed by atoms with Crippen molar-refractivity contribution in [3.63, 3.8) is 0 Å². The summed E-state index contributed by atoms with van der Waals surface area (Å²) in [5.74, 6) is -0.101. The van der Waals surface area contributed by atoms with Crippen molar-refractivity contribution in [1.29, 1.82) is 0 Å². The Balaban J connectivity index is 1.83. The van der Waals surface area contributed by atoms with Gasteiger partial charge in [-0.2, -0.15) is 0 Å². The van der Waals surface area contributed by atoms with E-state index in [1.54, 1.807) is 41.9 Å². The minimum absolute atomic E-state index is 0.289. The van der Waals surface area contributed by atoms with Gasteiger partial charge in [-0.3, -0.25) is 0 Å². The third-order valence-electron chi connectivity index (χ3n) is 3.63. The second-order valence-electron chi connectivity index (χ2n) is 5.04. The molecule has 0 fully saturated rings. The van der Waals surface area contributed by atoms with E-state index >= 15 is 0 Å². The van der Waals surface area contributed by atoms with Gasteiger partial charge in [0.15, 0.2) is 0 Å². The van der Waals surface area contributed by atoms with E-state index < -0.39 is 5.97 Å². The first-order valence-electron chi connectivity index (χ1n) is 6.83. The normalized spacial score (nSPS) is 10.8. The van der Waals surface area contributed by atoms with Crippen molar-refractivity contribution in [2.45, 2.75) is 20.4 Å². The third-order valence-corrected chi connectivity index (χ3v) is 4.74. The van der Waals surface area contributed by atoms with Gasteiger partial charge in [-0.05, 0) is 37.1 Å². The number of carbonyl (C=O) groups is 1. The van der Waals surface area contributed by atoms with Crippen molar-refractivity contribution >= 4 is 33.3 Å². The molecule has 22 heavy (non-hydrogen) atoms. The summed E-state index contributed by atoms with van der Waals surface area (Å²) < 4.78 is 0. The fourth-order valence-corrected chi connectivity index (χ4v) is 3.26. The molecule has 0 aliphatic heterocycles. The fourth-order valence-electron chi connectivity index (χ4n) is 2.27. The van der Waals surface area contributed by atoms with E-state index in [1.807, 2.05) is 0 Å². The summed E-state index contributed by atoms with van der Waals surface area (Å²) >= 11 is 1.66. The first-order valence-corrected chi connectivity index (χ1v) is 7.64. The van der Waals surface area contributed by atoms with Crippen LogP contribution in [-0.4, -0.2) is 21.0 Å². The summed E-state index contributed by atoms with van der Waals surface area (Å²) in [6, 6.07) is 6.82. The average Bonchev–Trinajstić information content (AvgIpc) is 2.81. The molecule has 2 aromatic heterocycles. The van der Waals surface area contributed by atoms with Gasteiger partial charge in [0.1, 0.15) is 17.0 Å². The molecule has 0 radical (unpaired) electrons. The summed E-state index contributed by atoms with van der Waals surface area (Å²) in [5.41, 5.74) is 2.49. The number of carboxylic acid groups (broad SMARTS) is 1. The molecule has 0 aliphatic rings. The van der Waals surface area contributed by atoms with Crippen molar-refractivity contribution < 1.29 is 9.90 Å². The quantitative estimate of drug-likeness (QED) is 0.769. The molecule has 112 valence electrons. The third kappa shape index (κ3) is 2.65. The van der Waals surface area contributed by atoms with E-state index in [1.165, 1.54) is 10.4 Å². The maximum atomic E-state index is 10.8. The fraction of sp³-hybridized carbons (Fsp3) is 0.188. The number of carboxylic acids is 1. The lowest BCUT2D eigenvalue weighted by molar-refractivity contribution is 0.0697. The van der Waals surface area contributed by atoms with E-state index in [-0.39, 0.29) is 5.56 Å². The summed E-state index contributed by atoms with van der Waals surface area (Å²) in [4.78, 5) is 21.7. The topological polar surface area (TPSA) is 75.1 Å². The highest BCUT2D eigenvalue weighted by Gasteiger charge is 2.11. The van der Waals surface area contributed by atoms with Gasteiger partial charge in [0.2, 0.25) is 0 Å². The second-order valence-corrected chi connectivity index (χ2v) is 6.24. The zero-order valence-corrected chi connectivity index (χ0v) is 13.1. The van der Waals surface area contributed by atoms with Gasteiger partial charge in [0.25, 0.3) is 0 Å². The van der Waals surface area contributed by atoms with E-state index in [2.05, 4.69) is 29.1 Å². The molecular weight excluding hydrogens is 298 g/mol. The number of anilines is 1. The second kappa shape index (κ2) is 5.73. The number of nitrogens with zero attached hydrogens (tertiary/aromatic N) is 2. The molecule has 3 aromatic rings. The number of aryl methyl sites for hydroxylation is 2. The SMILES string of the molecule is Cc1sc2ncnc(NCc3ccc(C(=O)O)cc3)c2c1C. The number of fused-ring (bicyclic) bond motifs is 1. The van der Waals surface area contributed by atoms with Crippen molar-refractivity contribution in [3.05, 3.63) is 52.2 Å². The maximum Gasteiger partial charge on any atom is 0.335 e. The summed E-state index contributed by atoms with van der Waals surface area (Å²) in [6.45, 7) is 4.74. The molecule has 0 saturated carbocycles. The molecule has 0 bridgehead atoms. The first kappa shape index (κ1) is 14.5. The summed E-state index contributed by atoms with van der Waals surface area (Å²) in [5, 5.41) is 13.3. The molecule has 0 aliphatic carbocycles. The largest absolute Gasteiger partial charge is 0.478 e. The van der Waals surface area contributed by atoms with Crippen LogP contribution in [0.2, 0.25) is 0 Å². The number of rotatable bonds is 4. The molecule has 0 saturated heterocycles. The predicted octanol–water partition coefficient (Wildman–Crippen LogP) is 3.62. The molecule has 0 atom stereocenters. The first-order chi connectivity index (χ1) is 10.6. The number of nitrogens with one attached hydrogen (secondary N) is 1. The van der Waals surface area contributed by atoms with Crippen LogP contribution in [0.15, 0.2) is 30.6 Å². The molecule has 0 spiro atoms. The molecule has 1 aromatic carbocycles. The predicted molar refractivity (Wildman–Crippen MR) is 87.6 cm³/mol. The van der Waals surface area contributed by atoms with Crippen LogP contribution in [0.5, 0.6) is 0 Å². The van der Waals surface area contributed by atoms with Crippen LogP contribution in [0.25, 0.3) is 10.2 Å². The van der Waals surface area contributed by atoms with Crippen LogP contribution in [0.4, 0.5) is 5.82 Å². The van der Waals surface area contributed by atoms with Gasteiger partial charge in [-0.1, -0.05) is 12.1 Å². The number of benzene rings is 1. The number of aromatic carboxylic acids is 1. The van der Waals surface area contributed by atoms with Crippen LogP contribution in [0.3, 0.4) is 0 Å². The number of hydrogen-bond donors (Lipinski definition) is 2. The van der Waals surface area contributed by atoms with Gasteiger partial charge in [-0.25, -0.2) is 14.8 Å². The molecule has 2 N–H and O–H groups in total. The highest BCUT2D eigenvalue weighted by Crippen LogP contribution is 2.32. The van der Waals surface area contributed by atoms with Gasteiger partial charge < -0.3 is 10.4 Å². The smallest absolute Gasteiger partial charge is 0.335 e.